The Balaban J connectivity index is 1.17. The molecule has 0 aliphatic rings. The van der Waals surface area contributed by atoms with Crippen LogP contribution in [0, 0.1) is 0 Å². The molecular formula is C26H24N2O3S. The highest BCUT2D eigenvalue weighted by atomic mass is 32.1. The fourth-order valence-corrected chi connectivity index (χ4v) is 3.58. The van der Waals surface area contributed by atoms with Crippen molar-refractivity contribution in [3.63, 3.8) is 0 Å². The van der Waals surface area contributed by atoms with Gasteiger partial charge in [-0.1, -0.05) is 65.9 Å². The molecular weight excluding hydrogens is 420 g/mol. The van der Waals surface area contributed by atoms with Crippen LogP contribution in [0.4, 0.5) is 0 Å². The Labute approximate surface area is 191 Å². The largest absolute Gasteiger partial charge is 0.489 e. The molecule has 0 saturated carbocycles. The fraction of sp³-hybridized carbons (Fsp3) is 0.154. The lowest BCUT2D eigenvalue weighted by Gasteiger charge is -2.08. The molecule has 0 bridgehead atoms. The van der Waals surface area contributed by atoms with E-state index < -0.39 is 0 Å². The van der Waals surface area contributed by atoms with Gasteiger partial charge in [0.25, 0.3) is 5.19 Å². The Morgan fingerprint density at radius 3 is 2.28 bits per heavy atom. The van der Waals surface area contributed by atoms with Crippen LogP contribution >= 0.6 is 11.3 Å². The van der Waals surface area contributed by atoms with Crippen molar-refractivity contribution in [2.75, 3.05) is 0 Å². The van der Waals surface area contributed by atoms with Gasteiger partial charge in [0.2, 0.25) is 5.91 Å². The number of rotatable bonds is 10. The van der Waals surface area contributed by atoms with Gasteiger partial charge in [0, 0.05) is 24.5 Å². The predicted octanol–water partition coefficient (Wildman–Crippen LogP) is 5.76. The second-order valence-electron chi connectivity index (χ2n) is 7.24. The maximum atomic E-state index is 12.2. The number of hydrogen-bond acceptors (Lipinski definition) is 5. The average molecular weight is 445 g/mol. The van der Waals surface area contributed by atoms with Gasteiger partial charge >= 0.3 is 0 Å². The Bertz CT molecular complexity index is 1100. The molecule has 0 saturated heterocycles. The number of carbonyl (C=O) groups is 1. The van der Waals surface area contributed by atoms with Crippen LogP contribution in [0.5, 0.6) is 16.7 Å². The van der Waals surface area contributed by atoms with E-state index in [0.29, 0.717) is 31.2 Å². The number of aryl methyl sites for hydroxylation is 1. The Morgan fingerprint density at radius 2 is 1.56 bits per heavy atom. The van der Waals surface area contributed by atoms with Crippen molar-refractivity contribution in [2.24, 2.45) is 0 Å². The summed E-state index contributed by atoms with van der Waals surface area (Å²) in [5.74, 6) is 1.58. The molecule has 32 heavy (non-hydrogen) atoms. The summed E-state index contributed by atoms with van der Waals surface area (Å²) in [4.78, 5) is 16.3. The lowest BCUT2D eigenvalue weighted by molar-refractivity contribution is -0.121. The number of nitrogens with one attached hydrogen (secondary N) is 1. The van der Waals surface area contributed by atoms with Crippen molar-refractivity contribution in [1.82, 2.24) is 10.3 Å². The lowest BCUT2D eigenvalue weighted by atomic mass is 10.1. The first-order chi connectivity index (χ1) is 15.7. The van der Waals surface area contributed by atoms with E-state index in [1.807, 2.05) is 84.2 Å². The predicted molar refractivity (Wildman–Crippen MR) is 126 cm³/mol. The maximum absolute atomic E-state index is 12.2. The molecule has 4 rings (SSSR count). The molecule has 1 aromatic heterocycles. The first kappa shape index (κ1) is 21.6. The van der Waals surface area contributed by atoms with Crippen LogP contribution in [0.2, 0.25) is 0 Å². The van der Waals surface area contributed by atoms with Gasteiger partial charge in [0.1, 0.15) is 18.1 Å². The van der Waals surface area contributed by atoms with E-state index >= 15 is 0 Å². The van der Waals surface area contributed by atoms with Gasteiger partial charge in [-0.2, -0.15) is 0 Å². The molecule has 0 aliphatic heterocycles. The SMILES string of the molecule is O=C(CCc1ccc(OCc2ccccc2)cc1)NCc1ccc(Oc2nccs2)cc1. The zero-order valence-corrected chi connectivity index (χ0v) is 18.4. The summed E-state index contributed by atoms with van der Waals surface area (Å²) >= 11 is 1.44. The van der Waals surface area contributed by atoms with Crippen LogP contribution in [0.1, 0.15) is 23.1 Å². The molecule has 0 unspecified atom stereocenters. The van der Waals surface area contributed by atoms with E-state index in [4.69, 9.17) is 9.47 Å². The van der Waals surface area contributed by atoms with Gasteiger partial charge in [-0.25, -0.2) is 4.98 Å². The number of amides is 1. The third-order valence-electron chi connectivity index (χ3n) is 4.84. The minimum atomic E-state index is 0.0255. The van der Waals surface area contributed by atoms with E-state index in [2.05, 4.69) is 10.3 Å². The van der Waals surface area contributed by atoms with Gasteiger partial charge in [-0.3, -0.25) is 4.79 Å². The second kappa shape index (κ2) is 11.1. The van der Waals surface area contributed by atoms with Crippen LogP contribution in [-0.2, 0) is 24.4 Å². The molecule has 0 fully saturated rings. The molecule has 1 N–H and O–H groups in total. The molecule has 0 aliphatic carbocycles. The van der Waals surface area contributed by atoms with Crippen molar-refractivity contribution in [1.29, 1.82) is 0 Å². The van der Waals surface area contributed by atoms with Crippen LogP contribution < -0.4 is 14.8 Å². The van der Waals surface area contributed by atoms with Gasteiger partial charge < -0.3 is 14.8 Å². The molecule has 0 radical (unpaired) electrons. The van der Waals surface area contributed by atoms with E-state index in [1.54, 1.807) is 6.20 Å². The number of aromatic nitrogens is 1. The lowest BCUT2D eigenvalue weighted by Crippen LogP contribution is -2.22. The highest BCUT2D eigenvalue weighted by molar-refractivity contribution is 7.11. The topological polar surface area (TPSA) is 60.5 Å². The summed E-state index contributed by atoms with van der Waals surface area (Å²) in [5.41, 5.74) is 3.26. The van der Waals surface area contributed by atoms with Crippen LogP contribution in [0.3, 0.4) is 0 Å². The van der Waals surface area contributed by atoms with Crippen LogP contribution in [-0.4, -0.2) is 10.9 Å². The fourth-order valence-electron chi connectivity index (χ4n) is 3.08. The Hall–Kier alpha value is -3.64. The third kappa shape index (κ3) is 6.68. The molecule has 6 heteroatoms. The molecule has 162 valence electrons. The molecule has 4 aromatic rings. The van der Waals surface area contributed by atoms with E-state index in [1.165, 1.54) is 11.3 Å². The molecule has 5 nitrogen and oxygen atoms in total. The van der Waals surface area contributed by atoms with Crippen molar-refractivity contribution in [3.8, 4) is 16.7 Å². The van der Waals surface area contributed by atoms with Crippen molar-refractivity contribution in [2.45, 2.75) is 26.0 Å². The highest BCUT2D eigenvalue weighted by Crippen LogP contribution is 2.23. The smallest absolute Gasteiger partial charge is 0.278 e. The number of benzene rings is 3. The summed E-state index contributed by atoms with van der Waals surface area (Å²) in [6, 6.07) is 25.6. The molecule has 0 atom stereocenters. The van der Waals surface area contributed by atoms with Crippen LogP contribution in [0.15, 0.2) is 90.4 Å². The maximum Gasteiger partial charge on any atom is 0.278 e. The van der Waals surface area contributed by atoms with E-state index in [0.717, 1.165) is 28.2 Å². The van der Waals surface area contributed by atoms with Crippen LogP contribution in [0.25, 0.3) is 0 Å². The van der Waals surface area contributed by atoms with Gasteiger partial charge in [-0.05, 0) is 47.4 Å². The summed E-state index contributed by atoms with van der Waals surface area (Å²) < 4.78 is 11.5. The standard InChI is InChI=1S/C26H24N2O3S/c29-25(28-18-21-8-13-24(14-9-21)31-26-27-16-17-32-26)15-10-20-6-11-23(12-7-20)30-19-22-4-2-1-3-5-22/h1-9,11-14,16-17H,10,15,18-19H2,(H,28,29). The number of nitrogens with zero attached hydrogens (tertiary/aromatic N) is 1. The first-order valence-electron chi connectivity index (χ1n) is 10.4. The molecule has 3 aromatic carbocycles. The van der Waals surface area contributed by atoms with Crippen molar-refractivity contribution < 1.29 is 14.3 Å². The van der Waals surface area contributed by atoms with E-state index in [9.17, 15) is 4.79 Å². The van der Waals surface area contributed by atoms with Gasteiger partial charge in [0.15, 0.2) is 0 Å². The van der Waals surface area contributed by atoms with E-state index in [-0.39, 0.29) is 5.91 Å². The minimum absolute atomic E-state index is 0.0255. The Kier molecular flexibility index (Phi) is 7.50. The third-order valence-corrected chi connectivity index (χ3v) is 5.49. The molecule has 1 heterocycles. The summed E-state index contributed by atoms with van der Waals surface area (Å²) in [6.07, 6.45) is 2.83. The summed E-state index contributed by atoms with van der Waals surface area (Å²) in [6.45, 7) is 1.03. The number of carbonyl (C=O) groups excluding carboxylic acids is 1. The number of ether oxygens (including phenoxy) is 2. The van der Waals surface area contributed by atoms with Gasteiger partial charge in [-0.15, -0.1) is 0 Å². The zero-order chi connectivity index (χ0) is 22.0. The van der Waals surface area contributed by atoms with Crippen molar-refractivity contribution in [3.05, 3.63) is 107 Å². The summed E-state index contributed by atoms with van der Waals surface area (Å²) in [5, 5.41) is 5.45. The zero-order valence-electron chi connectivity index (χ0n) is 17.6. The second-order valence-corrected chi connectivity index (χ2v) is 8.10. The number of thiazole rings is 1. The number of hydrogen-bond donors (Lipinski definition) is 1. The quantitative estimate of drug-likeness (QED) is 0.338. The Morgan fingerprint density at radius 1 is 0.844 bits per heavy atom. The molecule has 1 amide bonds. The highest BCUT2D eigenvalue weighted by Gasteiger charge is 2.05. The van der Waals surface area contributed by atoms with Crippen molar-refractivity contribution >= 4 is 17.2 Å². The monoisotopic (exact) mass is 444 g/mol. The minimum Gasteiger partial charge on any atom is -0.489 e. The molecule has 0 spiro atoms. The first-order valence-corrected chi connectivity index (χ1v) is 11.3. The summed E-state index contributed by atoms with van der Waals surface area (Å²) in [7, 11) is 0. The van der Waals surface area contributed by atoms with Gasteiger partial charge in [0.05, 0.1) is 0 Å². The average Bonchev–Trinajstić information content (AvgIpc) is 3.35. The normalized spacial score (nSPS) is 10.5.